The third-order valence-electron chi connectivity index (χ3n) is 2.07. The van der Waals surface area contributed by atoms with E-state index in [1.54, 1.807) is 0 Å². The molecule has 0 aliphatic carbocycles. The lowest BCUT2D eigenvalue weighted by Gasteiger charge is -2.11. The van der Waals surface area contributed by atoms with Gasteiger partial charge in [-0.15, -0.1) is 0 Å². The van der Waals surface area contributed by atoms with Crippen molar-refractivity contribution in [1.29, 1.82) is 0 Å². The number of anilines is 1. The topological polar surface area (TPSA) is 105 Å². The minimum Gasteiger partial charge on any atom is -0.462 e. The number of nitrogens with zero attached hydrogens (tertiary/aromatic N) is 1. The van der Waals surface area contributed by atoms with Crippen molar-refractivity contribution in [2.75, 3.05) is 12.3 Å². The van der Waals surface area contributed by atoms with Gasteiger partial charge in [0, 0.05) is 6.07 Å². The number of halogens is 2. The maximum absolute atomic E-state index is 12.2. The van der Waals surface area contributed by atoms with E-state index in [-0.39, 0.29) is 12.2 Å². The van der Waals surface area contributed by atoms with Gasteiger partial charge in [-0.3, -0.25) is 10.1 Å². The second kappa shape index (κ2) is 5.94. The van der Waals surface area contributed by atoms with Gasteiger partial charge in [0.25, 0.3) is 0 Å². The van der Waals surface area contributed by atoms with Gasteiger partial charge in [0.15, 0.2) is 0 Å². The van der Waals surface area contributed by atoms with E-state index < -0.39 is 34.6 Å². The summed E-state index contributed by atoms with van der Waals surface area (Å²) in [5.74, 6) is -1.74. The molecule has 0 unspecified atom stereocenters. The Morgan fingerprint density at radius 3 is 2.63 bits per heavy atom. The highest BCUT2D eigenvalue weighted by Gasteiger charge is 2.26. The molecule has 104 valence electrons. The molecule has 0 aliphatic rings. The fourth-order valence-electron chi connectivity index (χ4n) is 1.33. The minimum absolute atomic E-state index is 0.0420. The highest BCUT2D eigenvalue weighted by Crippen LogP contribution is 2.37. The summed E-state index contributed by atoms with van der Waals surface area (Å²) in [5.41, 5.74) is 3.84. The Bertz CT molecular complexity index is 507. The summed E-state index contributed by atoms with van der Waals surface area (Å²) in [6.45, 7) is -1.73. The zero-order chi connectivity index (χ0) is 14.6. The number of carbonyl (C=O) groups is 1. The standard InChI is InChI=1S/C10H10F2N2O5/c1-2-18-9(15)5-3-4-6(14(16)17)8(7(5)13)19-10(11)12/h3-4,10H,2,13H2,1H3. The van der Waals surface area contributed by atoms with E-state index in [1.807, 2.05) is 0 Å². The molecule has 0 heterocycles. The first-order valence-corrected chi connectivity index (χ1v) is 5.07. The van der Waals surface area contributed by atoms with E-state index in [0.717, 1.165) is 12.1 Å². The van der Waals surface area contributed by atoms with E-state index in [0.29, 0.717) is 0 Å². The summed E-state index contributed by atoms with van der Waals surface area (Å²) in [6, 6.07) is 1.87. The first-order valence-electron chi connectivity index (χ1n) is 5.07. The minimum atomic E-state index is -3.31. The van der Waals surface area contributed by atoms with Crippen LogP contribution in [0.1, 0.15) is 17.3 Å². The fraction of sp³-hybridized carbons (Fsp3) is 0.300. The molecule has 2 N–H and O–H groups in total. The van der Waals surface area contributed by atoms with Crippen LogP contribution in [0.15, 0.2) is 12.1 Å². The molecule has 0 saturated carbocycles. The third-order valence-corrected chi connectivity index (χ3v) is 2.07. The number of esters is 1. The Labute approximate surface area is 106 Å². The second-order valence-corrected chi connectivity index (χ2v) is 3.23. The molecule has 0 bridgehead atoms. The van der Waals surface area contributed by atoms with Crippen LogP contribution in [0.3, 0.4) is 0 Å². The largest absolute Gasteiger partial charge is 0.462 e. The number of nitro groups is 1. The van der Waals surface area contributed by atoms with Crippen LogP contribution in [-0.2, 0) is 4.74 Å². The Kier molecular flexibility index (Phi) is 4.56. The highest BCUT2D eigenvalue weighted by molar-refractivity contribution is 5.97. The van der Waals surface area contributed by atoms with Crippen LogP contribution < -0.4 is 10.5 Å². The van der Waals surface area contributed by atoms with Crippen LogP contribution in [0.5, 0.6) is 5.75 Å². The van der Waals surface area contributed by atoms with E-state index in [9.17, 15) is 23.7 Å². The van der Waals surface area contributed by atoms with Gasteiger partial charge in [0.1, 0.15) is 0 Å². The summed E-state index contributed by atoms with van der Waals surface area (Å²) in [7, 11) is 0. The van der Waals surface area contributed by atoms with Crippen LogP contribution >= 0.6 is 0 Å². The van der Waals surface area contributed by atoms with Crippen molar-refractivity contribution < 1.29 is 28.0 Å². The maximum Gasteiger partial charge on any atom is 0.387 e. The van der Waals surface area contributed by atoms with Gasteiger partial charge in [0.05, 0.1) is 22.8 Å². The molecule has 7 nitrogen and oxygen atoms in total. The number of ether oxygens (including phenoxy) is 2. The molecule has 0 radical (unpaired) electrons. The van der Waals surface area contributed by atoms with Crippen molar-refractivity contribution >= 4 is 17.3 Å². The molecule has 0 aromatic heterocycles. The molecule has 19 heavy (non-hydrogen) atoms. The molecular formula is C10H10F2N2O5. The Morgan fingerprint density at radius 1 is 1.53 bits per heavy atom. The molecule has 0 spiro atoms. The van der Waals surface area contributed by atoms with Gasteiger partial charge in [0.2, 0.25) is 5.75 Å². The molecule has 0 atom stereocenters. The van der Waals surface area contributed by atoms with Crippen molar-refractivity contribution in [3.63, 3.8) is 0 Å². The zero-order valence-corrected chi connectivity index (χ0v) is 9.76. The summed E-state index contributed by atoms with van der Waals surface area (Å²) in [5, 5.41) is 10.7. The number of benzene rings is 1. The second-order valence-electron chi connectivity index (χ2n) is 3.23. The van der Waals surface area contributed by atoms with Crippen LogP contribution in [0, 0.1) is 10.1 Å². The van der Waals surface area contributed by atoms with Crippen LogP contribution in [0.4, 0.5) is 20.2 Å². The van der Waals surface area contributed by atoms with Crippen molar-refractivity contribution in [3.05, 3.63) is 27.8 Å². The van der Waals surface area contributed by atoms with Gasteiger partial charge < -0.3 is 15.2 Å². The number of hydrogen-bond acceptors (Lipinski definition) is 6. The normalized spacial score (nSPS) is 10.3. The molecule has 0 amide bonds. The van der Waals surface area contributed by atoms with Gasteiger partial charge in [-0.05, 0) is 13.0 Å². The average molecular weight is 276 g/mol. The zero-order valence-electron chi connectivity index (χ0n) is 9.76. The van der Waals surface area contributed by atoms with Gasteiger partial charge in [-0.25, -0.2) is 4.79 Å². The van der Waals surface area contributed by atoms with E-state index >= 15 is 0 Å². The van der Waals surface area contributed by atoms with E-state index in [2.05, 4.69) is 9.47 Å². The quantitative estimate of drug-likeness (QED) is 0.381. The summed E-state index contributed by atoms with van der Waals surface area (Å²) in [6.07, 6.45) is 0. The molecule has 1 aromatic carbocycles. The Balaban J connectivity index is 3.32. The number of nitrogens with two attached hydrogens (primary N) is 1. The average Bonchev–Trinajstić information content (AvgIpc) is 2.30. The van der Waals surface area contributed by atoms with Crippen molar-refractivity contribution in [2.24, 2.45) is 0 Å². The third kappa shape index (κ3) is 3.27. The lowest BCUT2D eigenvalue weighted by Crippen LogP contribution is -2.12. The molecule has 0 aliphatic heterocycles. The molecule has 1 rings (SSSR count). The lowest BCUT2D eigenvalue weighted by atomic mass is 10.1. The summed E-state index contributed by atoms with van der Waals surface area (Å²) >= 11 is 0. The number of alkyl halides is 2. The fourth-order valence-corrected chi connectivity index (χ4v) is 1.33. The maximum atomic E-state index is 12.2. The first kappa shape index (κ1) is 14.6. The predicted molar refractivity (Wildman–Crippen MR) is 60.1 cm³/mol. The van der Waals surface area contributed by atoms with Crippen molar-refractivity contribution in [3.8, 4) is 5.75 Å². The van der Waals surface area contributed by atoms with E-state index in [4.69, 9.17) is 5.73 Å². The smallest absolute Gasteiger partial charge is 0.387 e. The Hall–Kier alpha value is -2.45. The number of rotatable bonds is 5. The SMILES string of the molecule is CCOC(=O)c1ccc([N+](=O)[O-])c(OC(F)F)c1N. The predicted octanol–water partition coefficient (Wildman–Crippen LogP) is 1.96. The van der Waals surface area contributed by atoms with Crippen LogP contribution in [0.2, 0.25) is 0 Å². The van der Waals surface area contributed by atoms with Crippen LogP contribution in [-0.4, -0.2) is 24.1 Å². The molecule has 1 aromatic rings. The van der Waals surface area contributed by atoms with Gasteiger partial charge in [-0.1, -0.05) is 0 Å². The van der Waals surface area contributed by atoms with Crippen molar-refractivity contribution in [2.45, 2.75) is 13.5 Å². The highest BCUT2D eigenvalue weighted by atomic mass is 19.3. The van der Waals surface area contributed by atoms with Gasteiger partial charge >= 0.3 is 18.3 Å². The van der Waals surface area contributed by atoms with E-state index in [1.165, 1.54) is 6.92 Å². The molecular weight excluding hydrogens is 266 g/mol. The number of nitro benzene ring substituents is 1. The van der Waals surface area contributed by atoms with Gasteiger partial charge in [-0.2, -0.15) is 8.78 Å². The molecule has 9 heteroatoms. The van der Waals surface area contributed by atoms with Crippen molar-refractivity contribution in [1.82, 2.24) is 0 Å². The Morgan fingerprint density at radius 2 is 2.16 bits per heavy atom. The number of nitrogen functional groups attached to an aromatic ring is 1. The number of carbonyl (C=O) groups excluding carboxylic acids is 1. The van der Waals surface area contributed by atoms with Crippen LogP contribution in [0.25, 0.3) is 0 Å². The summed E-state index contributed by atoms with van der Waals surface area (Å²) < 4.78 is 33.1. The lowest BCUT2D eigenvalue weighted by molar-refractivity contribution is -0.386. The monoisotopic (exact) mass is 276 g/mol. The summed E-state index contributed by atoms with van der Waals surface area (Å²) in [4.78, 5) is 21.2. The first-order chi connectivity index (χ1) is 8.88. The number of hydrogen-bond donors (Lipinski definition) is 1. The molecule has 0 saturated heterocycles. The molecule has 0 fully saturated rings.